The highest BCUT2D eigenvalue weighted by Gasteiger charge is 2.13. The maximum Gasteiger partial charge on any atom is 0.325 e. The molecule has 0 fully saturated rings. The van der Waals surface area contributed by atoms with Gasteiger partial charge in [-0.25, -0.2) is 0 Å². The quantitative estimate of drug-likeness (QED) is 0.775. The number of esters is 1. The SMILES string of the molecule is CCOC(=O)CN1C=Cc2ccccc2C1.Cl. The number of halogens is 1. The molecule has 0 saturated carbocycles. The van der Waals surface area contributed by atoms with Gasteiger partial charge in [0.1, 0.15) is 6.54 Å². The first kappa shape index (κ1) is 13.6. The fourth-order valence-corrected chi connectivity index (χ4v) is 1.78. The third-order valence-electron chi connectivity index (χ3n) is 2.53. The topological polar surface area (TPSA) is 29.5 Å². The highest BCUT2D eigenvalue weighted by molar-refractivity contribution is 5.85. The molecule has 0 amide bonds. The van der Waals surface area contributed by atoms with E-state index in [-0.39, 0.29) is 18.4 Å². The lowest BCUT2D eigenvalue weighted by molar-refractivity contribution is -0.143. The first-order valence-corrected chi connectivity index (χ1v) is 5.45. The second-order valence-corrected chi connectivity index (χ2v) is 3.72. The van der Waals surface area contributed by atoms with Crippen molar-refractivity contribution in [1.29, 1.82) is 0 Å². The second-order valence-electron chi connectivity index (χ2n) is 3.72. The van der Waals surface area contributed by atoms with E-state index in [0.717, 1.165) is 6.54 Å². The lowest BCUT2D eigenvalue weighted by atomic mass is 10.0. The molecule has 0 N–H and O–H groups in total. The Bertz CT molecular complexity index is 418. The largest absolute Gasteiger partial charge is 0.465 e. The van der Waals surface area contributed by atoms with Crippen LogP contribution < -0.4 is 0 Å². The zero-order chi connectivity index (χ0) is 11.4. The van der Waals surface area contributed by atoms with Crippen molar-refractivity contribution in [3.05, 3.63) is 41.6 Å². The summed E-state index contributed by atoms with van der Waals surface area (Å²) in [6.45, 7) is 3.34. The lowest BCUT2D eigenvalue weighted by Gasteiger charge is -2.24. The zero-order valence-electron chi connectivity index (χ0n) is 9.76. The first-order chi connectivity index (χ1) is 7.79. The van der Waals surface area contributed by atoms with Gasteiger partial charge in [0.2, 0.25) is 0 Å². The number of benzene rings is 1. The van der Waals surface area contributed by atoms with Crippen LogP contribution in [-0.2, 0) is 16.1 Å². The van der Waals surface area contributed by atoms with E-state index in [1.54, 1.807) is 0 Å². The van der Waals surface area contributed by atoms with E-state index in [9.17, 15) is 4.79 Å². The molecule has 3 nitrogen and oxygen atoms in total. The summed E-state index contributed by atoms with van der Waals surface area (Å²) in [4.78, 5) is 13.3. The predicted octanol–water partition coefficient (Wildman–Crippen LogP) is 2.46. The van der Waals surface area contributed by atoms with Crippen LogP contribution in [0.25, 0.3) is 6.08 Å². The third kappa shape index (κ3) is 3.49. The first-order valence-electron chi connectivity index (χ1n) is 5.45. The van der Waals surface area contributed by atoms with Gasteiger partial charge in [0.25, 0.3) is 0 Å². The van der Waals surface area contributed by atoms with Crippen molar-refractivity contribution in [1.82, 2.24) is 4.90 Å². The molecule has 2 rings (SSSR count). The van der Waals surface area contributed by atoms with Gasteiger partial charge in [0.05, 0.1) is 6.61 Å². The summed E-state index contributed by atoms with van der Waals surface area (Å²) >= 11 is 0. The van der Waals surface area contributed by atoms with Crippen LogP contribution in [0.4, 0.5) is 0 Å². The van der Waals surface area contributed by atoms with Crippen LogP contribution in [0.3, 0.4) is 0 Å². The highest BCUT2D eigenvalue weighted by atomic mass is 35.5. The molecular formula is C13H16ClNO2. The molecule has 0 radical (unpaired) electrons. The number of carbonyl (C=O) groups is 1. The molecule has 1 aromatic carbocycles. The summed E-state index contributed by atoms with van der Waals surface area (Å²) in [5, 5.41) is 0. The Labute approximate surface area is 107 Å². The molecule has 0 aromatic heterocycles. The maximum atomic E-state index is 11.3. The Balaban J connectivity index is 0.00000144. The Morgan fingerprint density at radius 3 is 2.94 bits per heavy atom. The van der Waals surface area contributed by atoms with Gasteiger partial charge in [-0.3, -0.25) is 4.79 Å². The van der Waals surface area contributed by atoms with E-state index >= 15 is 0 Å². The van der Waals surface area contributed by atoms with Crippen LogP contribution in [-0.4, -0.2) is 24.0 Å². The molecule has 0 atom stereocenters. The lowest BCUT2D eigenvalue weighted by Crippen LogP contribution is -2.27. The van der Waals surface area contributed by atoms with Gasteiger partial charge < -0.3 is 9.64 Å². The van der Waals surface area contributed by atoms with Crippen LogP contribution in [0.2, 0.25) is 0 Å². The molecule has 4 heteroatoms. The fraction of sp³-hybridized carbons (Fsp3) is 0.308. The Morgan fingerprint density at radius 1 is 1.41 bits per heavy atom. The number of ether oxygens (including phenoxy) is 1. The highest BCUT2D eigenvalue weighted by Crippen LogP contribution is 2.18. The van der Waals surface area contributed by atoms with Crippen molar-refractivity contribution in [3.8, 4) is 0 Å². The minimum absolute atomic E-state index is 0. The average molecular weight is 254 g/mol. The van der Waals surface area contributed by atoms with E-state index in [2.05, 4.69) is 12.1 Å². The van der Waals surface area contributed by atoms with Crippen LogP contribution in [0, 0.1) is 0 Å². The van der Waals surface area contributed by atoms with Gasteiger partial charge in [-0.2, -0.15) is 0 Å². The van der Waals surface area contributed by atoms with E-state index in [1.165, 1.54) is 11.1 Å². The van der Waals surface area contributed by atoms with Crippen molar-refractivity contribution >= 4 is 24.5 Å². The van der Waals surface area contributed by atoms with Crippen molar-refractivity contribution in [2.24, 2.45) is 0 Å². The fourth-order valence-electron chi connectivity index (χ4n) is 1.78. The molecule has 0 spiro atoms. The van der Waals surface area contributed by atoms with Gasteiger partial charge in [-0.15, -0.1) is 12.4 Å². The minimum atomic E-state index is -0.175. The molecule has 1 aromatic rings. The van der Waals surface area contributed by atoms with Gasteiger partial charge in [0, 0.05) is 12.7 Å². The number of hydrogen-bond acceptors (Lipinski definition) is 3. The average Bonchev–Trinajstić information content (AvgIpc) is 2.29. The monoisotopic (exact) mass is 253 g/mol. The number of hydrogen-bond donors (Lipinski definition) is 0. The van der Waals surface area contributed by atoms with Crippen molar-refractivity contribution < 1.29 is 9.53 Å². The minimum Gasteiger partial charge on any atom is -0.465 e. The van der Waals surface area contributed by atoms with E-state index < -0.39 is 0 Å². The Hall–Kier alpha value is -1.48. The Morgan fingerprint density at radius 2 is 2.18 bits per heavy atom. The van der Waals surface area contributed by atoms with Gasteiger partial charge in [-0.05, 0) is 24.1 Å². The summed E-state index contributed by atoms with van der Waals surface area (Å²) in [7, 11) is 0. The summed E-state index contributed by atoms with van der Waals surface area (Å²) in [5.41, 5.74) is 2.47. The molecule has 92 valence electrons. The van der Waals surface area contributed by atoms with Crippen molar-refractivity contribution in [3.63, 3.8) is 0 Å². The molecule has 0 bridgehead atoms. The standard InChI is InChI=1S/C13H15NO2.ClH/c1-2-16-13(15)10-14-8-7-11-5-3-4-6-12(11)9-14;/h3-8H,2,9-10H2,1H3;1H. The normalized spacial score (nSPS) is 12.6. The smallest absolute Gasteiger partial charge is 0.325 e. The van der Waals surface area contributed by atoms with Gasteiger partial charge in [0.15, 0.2) is 0 Å². The molecule has 1 aliphatic rings. The summed E-state index contributed by atoms with van der Waals surface area (Å²) < 4.78 is 4.92. The summed E-state index contributed by atoms with van der Waals surface area (Å²) in [6, 6.07) is 8.19. The zero-order valence-corrected chi connectivity index (χ0v) is 10.6. The molecule has 0 unspecified atom stereocenters. The van der Waals surface area contributed by atoms with Crippen LogP contribution >= 0.6 is 12.4 Å². The molecular weight excluding hydrogens is 238 g/mol. The van der Waals surface area contributed by atoms with Gasteiger partial charge in [-0.1, -0.05) is 24.3 Å². The summed E-state index contributed by atoms with van der Waals surface area (Å²) in [5.74, 6) is -0.175. The molecule has 17 heavy (non-hydrogen) atoms. The molecule has 0 saturated heterocycles. The van der Waals surface area contributed by atoms with Crippen LogP contribution in [0.15, 0.2) is 30.5 Å². The molecule has 1 heterocycles. The number of nitrogens with zero attached hydrogens (tertiary/aromatic N) is 1. The number of fused-ring (bicyclic) bond motifs is 1. The van der Waals surface area contributed by atoms with Crippen molar-refractivity contribution in [2.75, 3.05) is 13.2 Å². The van der Waals surface area contributed by atoms with E-state index in [0.29, 0.717) is 13.2 Å². The third-order valence-corrected chi connectivity index (χ3v) is 2.53. The van der Waals surface area contributed by atoms with E-state index in [4.69, 9.17) is 4.74 Å². The van der Waals surface area contributed by atoms with Crippen molar-refractivity contribution in [2.45, 2.75) is 13.5 Å². The van der Waals surface area contributed by atoms with E-state index in [1.807, 2.05) is 36.2 Å². The Kier molecular flexibility index (Phi) is 5.04. The predicted molar refractivity (Wildman–Crippen MR) is 69.8 cm³/mol. The maximum absolute atomic E-state index is 11.3. The molecule has 0 aliphatic carbocycles. The second kappa shape index (κ2) is 6.30. The number of rotatable bonds is 3. The molecule has 1 aliphatic heterocycles. The van der Waals surface area contributed by atoms with Crippen LogP contribution in [0.5, 0.6) is 0 Å². The van der Waals surface area contributed by atoms with Gasteiger partial charge >= 0.3 is 5.97 Å². The summed E-state index contributed by atoms with van der Waals surface area (Å²) in [6.07, 6.45) is 3.97. The van der Waals surface area contributed by atoms with Crippen LogP contribution in [0.1, 0.15) is 18.1 Å². The number of carbonyl (C=O) groups excluding carboxylic acids is 1.